The van der Waals surface area contributed by atoms with Crippen LogP contribution in [0.3, 0.4) is 0 Å². The number of hydrogen-bond donors (Lipinski definition) is 0. The molecule has 300 valence electrons. The zero-order chi connectivity index (χ0) is 37.0. The Balaban J connectivity index is 0.000000162. The molecule has 6 aliphatic rings. The summed E-state index contributed by atoms with van der Waals surface area (Å²) < 4.78 is 1.92. The zero-order valence-corrected chi connectivity index (χ0v) is 38.5. The first kappa shape index (κ1) is 43.8. The molecule has 6 heteroatoms. The molecule has 5 saturated carbocycles. The molecule has 0 radical (unpaired) electrons. The van der Waals surface area contributed by atoms with Crippen LogP contribution in [0, 0.1) is 42.2 Å². The Hall–Kier alpha value is 0.643. The van der Waals surface area contributed by atoms with Gasteiger partial charge in [-0.15, -0.1) is 0 Å². The SMILES string of the molecule is C1CCC([PH+](C2CCCCC2)C2CCCCC2)CC1.CC1C[C@@H](C)C(N2[CH-]N(C3[C@@H](C)CC(C)C[C@@H]3C)CC2)[C@H](C)C1.[Cl][Ru]([Cl])=[CH]c1ccccc1. The van der Waals surface area contributed by atoms with Crippen LogP contribution in [-0.4, -0.2) is 56.6 Å². The summed E-state index contributed by atoms with van der Waals surface area (Å²) >= 11 is -1.61. The van der Waals surface area contributed by atoms with Gasteiger partial charge < -0.3 is 9.80 Å². The van der Waals surface area contributed by atoms with Gasteiger partial charge in [-0.2, -0.15) is 0 Å². The summed E-state index contributed by atoms with van der Waals surface area (Å²) in [7, 11) is 11.3. The van der Waals surface area contributed by atoms with Crippen LogP contribution in [-0.2, 0) is 13.5 Å². The molecular weight excluding hydrogens is 783 g/mol. The van der Waals surface area contributed by atoms with E-state index < -0.39 is 13.5 Å². The third-order valence-electron chi connectivity index (χ3n) is 14.3. The van der Waals surface area contributed by atoms with Crippen LogP contribution in [0.15, 0.2) is 30.3 Å². The van der Waals surface area contributed by atoms with Crippen LogP contribution in [0.2, 0.25) is 0 Å². The summed E-state index contributed by atoms with van der Waals surface area (Å²) in [4.78, 5) is 5.44. The number of nitrogens with zero attached hydrogens (tertiary/aromatic N) is 2. The van der Waals surface area contributed by atoms with Crippen LogP contribution < -0.4 is 0 Å². The van der Waals surface area contributed by atoms with Gasteiger partial charge >= 0.3 is 73.4 Å². The summed E-state index contributed by atoms with van der Waals surface area (Å²) in [5.74, 6) is 5.18. The van der Waals surface area contributed by atoms with Gasteiger partial charge in [0.15, 0.2) is 0 Å². The number of halogens is 2. The van der Waals surface area contributed by atoms with Gasteiger partial charge in [0.05, 0.1) is 17.0 Å². The monoisotopic (exact) mass is 862 g/mol. The second-order valence-electron chi connectivity index (χ2n) is 18.9. The molecule has 6 fully saturated rings. The Morgan fingerprint density at radius 3 is 1.23 bits per heavy atom. The van der Waals surface area contributed by atoms with Crippen LogP contribution in [0.25, 0.3) is 0 Å². The summed E-state index contributed by atoms with van der Waals surface area (Å²) in [5, 5.41) is 0. The predicted molar refractivity (Wildman–Crippen MR) is 231 cm³/mol. The third-order valence-corrected chi connectivity index (χ3v) is 20.8. The van der Waals surface area contributed by atoms with Crippen molar-refractivity contribution in [3.05, 3.63) is 42.6 Å². The summed E-state index contributed by atoms with van der Waals surface area (Å²) in [6.07, 6.45) is 29.4. The minimum absolute atomic E-state index is 0.0465. The Kier molecular flexibility index (Phi) is 19.0. The summed E-state index contributed by atoms with van der Waals surface area (Å²) in [5.41, 5.74) is 4.80. The molecule has 0 spiro atoms. The molecule has 1 saturated heterocycles. The zero-order valence-electron chi connectivity index (χ0n) is 34.2. The van der Waals surface area contributed by atoms with Gasteiger partial charge in [-0.3, -0.25) is 0 Å². The molecule has 0 amide bonds. The molecule has 0 aromatic heterocycles. The van der Waals surface area contributed by atoms with Crippen molar-refractivity contribution in [3.8, 4) is 0 Å². The topological polar surface area (TPSA) is 6.48 Å². The van der Waals surface area contributed by atoms with Crippen molar-refractivity contribution in [2.75, 3.05) is 13.1 Å². The minimum atomic E-state index is -1.61. The molecule has 1 aromatic rings. The van der Waals surface area contributed by atoms with E-state index in [1.54, 1.807) is 96.3 Å². The number of rotatable bonds is 6. The standard InChI is InChI=1S/C21H39N2.C18H33P.C7H6.2ClH.Ru/c1-14-9-16(3)20(17(4)10-14)22-7-8-23(13-22)21-18(5)11-15(2)12-19(21)6;1-4-10-16(11-5-1)19(17-12-6-2-7-13-17)18-14-8-3-9-15-18;1-7-5-3-2-4-6-7;;;/h13-21H,7-12H2,1-6H3;16-18H,1-15H2;1-6H;2*1H;/q-1;;;;;+2/p-1/t14?,15?,16-,17-,18+,19+,20?,21?;;;;;. The molecule has 4 atom stereocenters. The second-order valence-corrected chi connectivity index (χ2v) is 28.0. The van der Waals surface area contributed by atoms with E-state index in [1.165, 1.54) is 55.7 Å². The Bertz CT molecular complexity index is 1060. The maximum atomic E-state index is 5.67. The van der Waals surface area contributed by atoms with Gasteiger partial charge in [0.25, 0.3) is 0 Å². The van der Waals surface area contributed by atoms with E-state index in [1.807, 2.05) is 34.9 Å². The predicted octanol–water partition coefficient (Wildman–Crippen LogP) is 13.8. The van der Waals surface area contributed by atoms with E-state index in [2.05, 4.69) is 58.0 Å². The molecule has 5 aliphatic carbocycles. The van der Waals surface area contributed by atoms with E-state index >= 15 is 0 Å². The average Bonchev–Trinajstić information content (AvgIpc) is 3.58. The maximum absolute atomic E-state index is 5.67. The van der Waals surface area contributed by atoms with E-state index in [0.717, 1.165) is 53.2 Å². The normalized spacial score (nSPS) is 34.9. The Labute approximate surface area is 337 Å². The van der Waals surface area contributed by atoms with Crippen LogP contribution >= 0.6 is 27.3 Å². The first-order chi connectivity index (χ1) is 25.1. The summed E-state index contributed by atoms with van der Waals surface area (Å²) in [6.45, 7) is 19.9. The van der Waals surface area contributed by atoms with Crippen LogP contribution in [0.4, 0.5) is 0 Å². The van der Waals surface area contributed by atoms with Gasteiger partial charge in [-0.05, 0) is 163 Å². The van der Waals surface area contributed by atoms with E-state index in [4.69, 9.17) is 19.4 Å². The number of benzene rings is 1. The fourth-order valence-corrected chi connectivity index (χ4v) is 19.7. The van der Waals surface area contributed by atoms with Crippen molar-refractivity contribution in [2.24, 2.45) is 35.5 Å². The van der Waals surface area contributed by atoms with Crippen molar-refractivity contribution in [1.29, 1.82) is 0 Å². The van der Waals surface area contributed by atoms with E-state index in [9.17, 15) is 0 Å². The molecule has 1 aliphatic heterocycles. The van der Waals surface area contributed by atoms with Crippen molar-refractivity contribution < 1.29 is 13.5 Å². The molecule has 1 aromatic carbocycles. The quantitative estimate of drug-likeness (QED) is 0.160. The van der Waals surface area contributed by atoms with Crippen molar-refractivity contribution in [3.63, 3.8) is 0 Å². The van der Waals surface area contributed by atoms with Crippen LogP contribution in [0.5, 0.6) is 0 Å². The van der Waals surface area contributed by atoms with Crippen molar-refractivity contribution in [1.82, 2.24) is 9.80 Å². The second kappa shape index (κ2) is 22.5. The number of hydrogen-bond acceptors (Lipinski definition) is 2. The molecule has 52 heavy (non-hydrogen) atoms. The molecular formula is C46H79Cl2N2PRu. The van der Waals surface area contributed by atoms with Gasteiger partial charge in [0, 0.05) is 7.92 Å². The Morgan fingerprint density at radius 1 is 0.558 bits per heavy atom. The van der Waals surface area contributed by atoms with Gasteiger partial charge in [-0.1, -0.05) is 60.8 Å². The molecule has 0 bridgehead atoms. The fourth-order valence-electron chi connectivity index (χ4n) is 12.6. The fraction of sp³-hybridized carbons (Fsp3) is 0.826. The first-order valence-electron chi connectivity index (χ1n) is 22.2. The molecule has 2 nitrogen and oxygen atoms in total. The Morgan fingerprint density at radius 2 is 0.904 bits per heavy atom. The first-order valence-corrected chi connectivity index (χ1v) is 29.4. The summed E-state index contributed by atoms with van der Waals surface area (Å²) in [6, 6.07) is 11.4. The molecule has 7 rings (SSSR count). The van der Waals surface area contributed by atoms with Crippen molar-refractivity contribution in [2.45, 2.75) is 193 Å². The molecule has 0 unspecified atom stereocenters. The van der Waals surface area contributed by atoms with Crippen molar-refractivity contribution >= 4 is 31.9 Å². The van der Waals surface area contributed by atoms with E-state index in [-0.39, 0.29) is 7.92 Å². The van der Waals surface area contributed by atoms with E-state index in [0.29, 0.717) is 0 Å². The third kappa shape index (κ3) is 13.1. The van der Waals surface area contributed by atoms with Gasteiger partial charge in [0.1, 0.15) is 0 Å². The average molecular weight is 863 g/mol. The van der Waals surface area contributed by atoms with Crippen LogP contribution in [0.1, 0.15) is 169 Å². The molecule has 1 heterocycles. The molecule has 0 N–H and O–H groups in total. The van der Waals surface area contributed by atoms with Gasteiger partial charge in [0.2, 0.25) is 0 Å². The van der Waals surface area contributed by atoms with Gasteiger partial charge in [-0.25, -0.2) is 6.67 Å².